The fraction of sp³-hybridized carbons (Fsp3) is 0.294. The zero-order valence-electron chi connectivity index (χ0n) is 10.5. The monoisotopic (exact) mass is 238 g/mol. The number of hydrogen-bond donors (Lipinski definition) is 1. The average molecular weight is 238 g/mol. The van der Waals surface area contributed by atoms with Gasteiger partial charge in [-0.25, -0.2) is 0 Å². The molecule has 1 N–H and O–H groups in total. The predicted molar refractivity (Wildman–Crippen MR) is 73.9 cm³/mol. The van der Waals surface area contributed by atoms with Gasteiger partial charge in [-0.15, -0.1) is 0 Å². The Balaban J connectivity index is 1.84. The van der Waals surface area contributed by atoms with Crippen molar-refractivity contribution in [1.82, 2.24) is 0 Å². The lowest BCUT2D eigenvalue weighted by Crippen LogP contribution is -2.11. The molecular formula is C17H18O. The van der Waals surface area contributed by atoms with E-state index in [0.29, 0.717) is 11.7 Å². The summed E-state index contributed by atoms with van der Waals surface area (Å²) in [6, 6.07) is 16.5. The molecule has 2 aromatic rings. The van der Waals surface area contributed by atoms with Crippen molar-refractivity contribution in [2.45, 2.75) is 31.6 Å². The van der Waals surface area contributed by atoms with Crippen molar-refractivity contribution in [2.24, 2.45) is 0 Å². The fourth-order valence-electron chi connectivity index (χ4n) is 2.98. The first kappa shape index (κ1) is 11.3. The topological polar surface area (TPSA) is 20.2 Å². The van der Waals surface area contributed by atoms with Crippen molar-refractivity contribution in [1.29, 1.82) is 0 Å². The molecule has 18 heavy (non-hydrogen) atoms. The lowest BCUT2D eigenvalue weighted by Gasteiger charge is -2.25. The van der Waals surface area contributed by atoms with Gasteiger partial charge < -0.3 is 5.11 Å². The van der Waals surface area contributed by atoms with E-state index in [1.807, 2.05) is 12.1 Å². The highest BCUT2D eigenvalue weighted by Gasteiger charge is 2.19. The maximum atomic E-state index is 9.32. The van der Waals surface area contributed by atoms with Crippen LogP contribution in [0.5, 0.6) is 5.75 Å². The number of hydrogen-bond acceptors (Lipinski definition) is 1. The molecule has 1 aliphatic carbocycles. The van der Waals surface area contributed by atoms with Crippen molar-refractivity contribution in [2.75, 3.05) is 0 Å². The van der Waals surface area contributed by atoms with Crippen LogP contribution in [0, 0.1) is 0 Å². The number of aryl methyl sites for hydroxylation is 1. The zero-order chi connectivity index (χ0) is 12.4. The lowest BCUT2D eigenvalue weighted by molar-refractivity contribution is 0.474. The van der Waals surface area contributed by atoms with Gasteiger partial charge in [0.2, 0.25) is 0 Å². The Morgan fingerprint density at radius 1 is 1.00 bits per heavy atom. The van der Waals surface area contributed by atoms with Crippen LogP contribution in [0.1, 0.15) is 35.4 Å². The van der Waals surface area contributed by atoms with Gasteiger partial charge in [0.15, 0.2) is 0 Å². The van der Waals surface area contributed by atoms with Crippen LogP contribution >= 0.6 is 0 Å². The van der Waals surface area contributed by atoms with Crippen molar-refractivity contribution >= 4 is 0 Å². The smallest absolute Gasteiger partial charge is 0.115 e. The van der Waals surface area contributed by atoms with Crippen LogP contribution in [0.15, 0.2) is 48.5 Å². The van der Waals surface area contributed by atoms with E-state index in [9.17, 15) is 5.11 Å². The Morgan fingerprint density at radius 2 is 1.78 bits per heavy atom. The van der Waals surface area contributed by atoms with Gasteiger partial charge in [0.05, 0.1) is 0 Å². The minimum Gasteiger partial charge on any atom is -0.508 e. The first-order valence-electron chi connectivity index (χ1n) is 6.68. The van der Waals surface area contributed by atoms with Gasteiger partial charge in [-0.05, 0) is 60.4 Å². The molecule has 0 heterocycles. The largest absolute Gasteiger partial charge is 0.508 e. The number of phenols is 1. The molecule has 0 fully saturated rings. The molecule has 0 aliphatic heterocycles. The van der Waals surface area contributed by atoms with Crippen molar-refractivity contribution < 1.29 is 5.11 Å². The van der Waals surface area contributed by atoms with Crippen LogP contribution in [-0.4, -0.2) is 5.11 Å². The predicted octanol–water partition coefficient (Wildman–Crippen LogP) is 4.05. The third-order valence-corrected chi connectivity index (χ3v) is 3.91. The van der Waals surface area contributed by atoms with Gasteiger partial charge in [-0.2, -0.15) is 0 Å². The van der Waals surface area contributed by atoms with Crippen molar-refractivity contribution in [3.63, 3.8) is 0 Å². The normalized spacial score (nSPS) is 18.3. The molecule has 0 amide bonds. The van der Waals surface area contributed by atoms with Gasteiger partial charge in [-0.3, -0.25) is 0 Å². The number of benzene rings is 2. The summed E-state index contributed by atoms with van der Waals surface area (Å²) in [6.07, 6.45) is 4.87. The van der Waals surface area contributed by atoms with Crippen molar-refractivity contribution in [3.05, 3.63) is 65.2 Å². The second-order valence-electron chi connectivity index (χ2n) is 5.16. The molecule has 0 bridgehead atoms. The molecule has 1 atom stereocenters. The van der Waals surface area contributed by atoms with E-state index < -0.39 is 0 Å². The van der Waals surface area contributed by atoms with E-state index in [-0.39, 0.29) is 0 Å². The number of aromatic hydroxyl groups is 1. The molecule has 0 radical (unpaired) electrons. The third kappa shape index (κ3) is 2.26. The van der Waals surface area contributed by atoms with E-state index in [0.717, 1.165) is 6.42 Å². The summed E-state index contributed by atoms with van der Waals surface area (Å²) in [7, 11) is 0. The van der Waals surface area contributed by atoms with E-state index in [1.165, 1.54) is 36.0 Å². The van der Waals surface area contributed by atoms with Gasteiger partial charge in [0.1, 0.15) is 5.75 Å². The molecule has 0 aromatic heterocycles. The molecule has 1 heteroatoms. The second kappa shape index (κ2) is 4.85. The zero-order valence-corrected chi connectivity index (χ0v) is 10.5. The van der Waals surface area contributed by atoms with Crippen LogP contribution in [0.25, 0.3) is 0 Å². The maximum Gasteiger partial charge on any atom is 0.115 e. The van der Waals surface area contributed by atoms with E-state index in [1.54, 1.807) is 12.1 Å². The molecule has 1 aliphatic rings. The average Bonchev–Trinajstić information content (AvgIpc) is 2.42. The number of phenolic OH excluding ortho intramolecular Hbond substituents is 1. The molecule has 92 valence electrons. The Kier molecular flexibility index (Phi) is 3.06. The summed E-state index contributed by atoms with van der Waals surface area (Å²) in [5, 5.41) is 9.32. The lowest BCUT2D eigenvalue weighted by atomic mass is 9.80. The summed E-state index contributed by atoms with van der Waals surface area (Å²) in [5.41, 5.74) is 4.36. The fourth-order valence-corrected chi connectivity index (χ4v) is 2.98. The van der Waals surface area contributed by atoms with Crippen LogP contribution in [0.2, 0.25) is 0 Å². The van der Waals surface area contributed by atoms with E-state index >= 15 is 0 Å². The van der Waals surface area contributed by atoms with Gasteiger partial charge in [0, 0.05) is 0 Å². The number of fused-ring (bicyclic) bond motifs is 1. The highest BCUT2D eigenvalue weighted by atomic mass is 16.3. The molecule has 2 aromatic carbocycles. The minimum absolute atomic E-state index is 0.350. The first-order valence-corrected chi connectivity index (χ1v) is 6.68. The van der Waals surface area contributed by atoms with Crippen LogP contribution in [-0.2, 0) is 12.8 Å². The SMILES string of the molecule is Oc1ccc(C[C@H]2CCCc3ccccc32)cc1. The molecule has 0 saturated carbocycles. The highest BCUT2D eigenvalue weighted by Crippen LogP contribution is 2.34. The van der Waals surface area contributed by atoms with Crippen LogP contribution in [0.3, 0.4) is 0 Å². The van der Waals surface area contributed by atoms with E-state index in [2.05, 4.69) is 24.3 Å². The Labute approximate surface area is 108 Å². The van der Waals surface area contributed by atoms with Gasteiger partial charge in [0.25, 0.3) is 0 Å². The van der Waals surface area contributed by atoms with Crippen LogP contribution in [0.4, 0.5) is 0 Å². The van der Waals surface area contributed by atoms with Gasteiger partial charge >= 0.3 is 0 Å². The van der Waals surface area contributed by atoms with Gasteiger partial charge in [-0.1, -0.05) is 36.4 Å². The Bertz CT molecular complexity index is 528. The standard InChI is InChI=1S/C17H18O/c18-16-10-8-13(9-11-16)12-15-6-3-5-14-4-1-2-7-17(14)15/h1-2,4,7-11,15,18H,3,5-6,12H2/t15-/m1/s1. The molecule has 0 unspecified atom stereocenters. The first-order chi connectivity index (χ1) is 8.83. The molecular weight excluding hydrogens is 220 g/mol. The molecule has 1 nitrogen and oxygen atoms in total. The summed E-state index contributed by atoms with van der Waals surface area (Å²) < 4.78 is 0. The third-order valence-electron chi connectivity index (χ3n) is 3.91. The maximum absolute atomic E-state index is 9.32. The molecule has 3 rings (SSSR count). The van der Waals surface area contributed by atoms with Crippen LogP contribution < -0.4 is 0 Å². The Hall–Kier alpha value is -1.76. The Morgan fingerprint density at radius 3 is 2.61 bits per heavy atom. The number of rotatable bonds is 2. The summed E-state index contributed by atoms with van der Waals surface area (Å²) in [5.74, 6) is 0.988. The summed E-state index contributed by atoms with van der Waals surface area (Å²) >= 11 is 0. The summed E-state index contributed by atoms with van der Waals surface area (Å²) in [6.45, 7) is 0. The highest BCUT2D eigenvalue weighted by molar-refractivity contribution is 5.35. The van der Waals surface area contributed by atoms with E-state index in [4.69, 9.17) is 0 Å². The second-order valence-corrected chi connectivity index (χ2v) is 5.16. The summed E-state index contributed by atoms with van der Waals surface area (Å²) in [4.78, 5) is 0. The quantitative estimate of drug-likeness (QED) is 0.836. The molecule has 0 saturated heterocycles. The molecule has 0 spiro atoms. The van der Waals surface area contributed by atoms with Crippen molar-refractivity contribution in [3.8, 4) is 5.75 Å². The minimum atomic E-state index is 0.350.